The number of hydrogen-bond acceptors (Lipinski definition) is 3. The third-order valence-corrected chi connectivity index (χ3v) is 3.49. The Labute approximate surface area is 162 Å². The average molecular weight is 447 g/mol. The predicted molar refractivity (Wildman–Crippen MR) is 111 cm³/mol. The Hall–Kier alpha value is -1.28. The number of aliphatic hydroxyl groups is 1. The van der Waals surface area contributed by atoms with Gasteiger partial charge in [-0.15, -0.1) is 30.6 Å². The maximum absolute atomic E-state index is 10.3. The van der Waals surface area contributed by atoms with E-state index in [1.165, 1.54) is 0 Å². The van der Waals surface area contributed by atoms with Crippen molar-refractivity contribution in [2.24, 2.45) is 4.99 Å². The zero-order valence-corrected chi connectivity index (χ0v) is 17.2. The molecule has 136 valence electrons. The van der Waals surface area contributed by atoms with E-state index in [4.69, 9.17) is 4.74 Å². The van der Waals surface area contributed by atoms with Crippen LogP contribution in [-0.4, -0.2) is 49.8 Å². The van der Waals surface area contributed by atoms with Crippen molar-refractivity contribution >= 4 is 29.9 Å². The summed E-state index contributed by atoms with van der Waals surface area (Å²) in [4.78, 5) is 6.61. The molecule has 0 saturated heterocycles. The summed E-state index contributed by atoms with van der Waals surface area (Å²) in [7, 11) is 3.62. The fraction of sp³-hybridized carbons (Fsp3) is 0.500. The molecule has 1 aromatic rings. The summed E-state index contributed by atoms with van der Waals surface area (Å²) >= 11 is 0. The van der Waals surface area contributed by atoms with Crippen LogP contribution in [0.1, 0.15) is 31.4 Å². The number of allylic oxidation sites excluding steroid dienone is 1. The molecular weight excluding hydrogens is 417 g/mol. The number of halogens is 1. The number of unbranched alkanes of at least 4 members (excludes halogenated alkanes) is 1. The van der Waals surface area contributed by atoms with Gasteiger partial charge in [-0.2, -0.15) is 0 Å². The van der Waals surface area contributed by atoms with E-state index in [0.717, 1.165) is 43.2 Å². The third kappa shape index (κ3) is 8.01. The first-order chi connectivity index (χ1) is 11.1. The highest BCUT2D eigenvalue weighted by molar-refractivity contribution is 14.0. The summed E-state index contributed by atoms with van der Waals surface area (Å²) in [5.41, 5.74) is 0.804. The van der Waals surface area contributed by atoms with Gasteiger partial charge in [0.25, 0.3) is 0 Å². The van der Waals surface area contributed by atoms with Crippen molar-refractivity contribution in [3.8, 4) is 5.75 Å². The molecule has 1 unspecified atom stereocenters. The maximum Gasteiger partial charge on any atom is 0.193 e. The van der Waals surface area contributed by atoms with Crippen molar-refractivity contribution in [1.82, 2.24) is 10.2 Å². The number of ether oxygens (including phenoxy) is 1. The molecule has 0 aliphatic rings. The molecule has 2 N–H and O–H groups in total. The average Bonchev–Trinajstić information content (AvgIpc) is 2.58. The molecule has 0 aliphatic heterocycles. The number of nitrogens with one attached hydrogen (secondary N) is 1. The summed E-state index contributed by atoms with van der Waals surface area (Å²) in [5.74, 6) is 1.54. The zero-order valence-electron chi connectivity index (χ0n) is 14.9. The summed E-state index contributed by atoms with van der Waals surface area (Å²) in [5, 5.41) is 13.6. The van der Waals surface area contributed by atoms with Crippen LogP contribution in [0.15, 0.2) is 41.9 Å². The normalized spacial score (nSPS) is 12.1. The van der Waals surface area contributed by atoms with Crippen LogP contribution in [0.3, 0.4) is 0 Å². The molecule has 24 heavy (non-hydrogen) atoms. The van der Waals surface area contributed by atoms with Crippen LogP contribution in [0.25, 0.3) is 0 Å². The molecule has 0 fully saturated rings. The minimum Gasteiger partial charge on any atom is -0.497 e. The Kier molecular flexibility index (Phi) is 12.4. The molecule has 0 heterocycles. The van der Waals surface area contributed by atoms with Gasteiger partial charge in [-0.05, 0) is 37.5 Å². The highest BCUT2D eigenvalue weighted by Gasteiger charge is 2.10. The quantitative estimate of drug-likeness (QED) is 0.201. The van der Waals surface area contributed by atoms with Crippen LogP contribution in [-0.2, 0) is 0 Å². The van der Waals surface area contributed by atoms with Gasteiger partial charge in [0.05, 0.1) is 19.8 Å². The van der Waals surface area contributed by atoms with E-state index in [9.17, 15) is 5.11 Å². The van der Waals surface area contributed by atoms with E-state index < -0.39 is 6.10 Å². The number of nitrogens with zero attached hydrogens (tertiary/aromatic N) is 2. The van der Waals surface area contributed by atoms with E-state index in [0.29, 0.717) is 6.54 Å². The molecule has 0 aromatic heterocycles. The fourth-order valence-electron chi connectivity index (χ4n) is 2.18. The van der Waals surface area contributed by atoms with Gasteiger partial charge in [0.2, 0.25) is 0 Å². The molecule has 0 saturated carbocycles. The largest absolute Gasteiger partial charge is 0.497 e. The molecule has 0 radical (unpaired) electrons. The lowest BCUT2D eigenvalue weighted by Gasteiger charge is -2.22. The van der Waals surface area contributed by atoms with Crippen LogP contribution < -0.4 is 10.1 Å². The van der Waals surface area contributed by atoms with Crippen molar-refractivity contribution in [2.45, 2.75) is 25.9 Å². The number of aliphatic hydroxyl groups excluding tert-OH is 1. The van der Waals surface area contributed by atoms with E-state index in [2.05, 4.69) is 21.8 Å². The lowest BCUT2D eigenvalue weighted by Crippen LogP contribution is -2.39. The van der Waals surface area contributed by atoms with Gasteiger partial charge >= 0.3 is 0 Å². The zero-order chi connectivity index (χ0) is 17.1. The van der Waals surface area contributed by atoms with Gasteiger partial charge in [-0.25, -0.2) is 0 Å². The van der Waals surface area contributed by atoms with E-state index >= 15 is 0 Å². The number of aliphatic imine (C=N–C) groups is 1. The van der Waals surface area contributed by atoms with Crippen LogP contribution >= 0.6 is 24.0 Å². The minimum atomic E-state index is -0.652. The summed E-state index contributed by atoms with van der Waals surface area (Å²) in [6.45, 7) is 7.77. The molecule has 5 nitrogen and oxygen atoms in total. The second-order valence-electron chi connectivity index (χ2n) is 5.34. The SMILES string of the molecule is C=CCCCN(C)C(=NCC(O)c1cccc(OC)c1)NCC.I. The van der Waals surface area contributed by atoms with Crippen LogP contribution in [0, 0.1) is 0 Å². The van der Waals surface area contributed by atoms with Crippen LogP contribution in [0.2, 0.25) is 0 Å². The molecule has 1 rings (SSSR count). The predicted octanol–water partition coefficient (Wildman–Crippen LogP) is 3.21. The molecule has 0 bridgehead atoms. The summed E-state index contributed by atoms with van der Waals surface area (Å²) in [6.07, 6.45) is 3.28. The van der Waals surface area contributed by atoms with E-state index in [1.807, 2.05) is 44.3 Å². The Morgan fingerprint density at radius 1 is 1.50 bits per heavy atom. The van der Waals surface area contributed by atoms with Gasteiger partial charge in [0.1, 0.15) is 5.75 Å². The van der Waals surface area contributed by atoms with Crippen molar-refractivity contribution in [3.63, 3.8) is 0 Å². The first kappa shape index (κ1) is 22.7. The standard InChI is InChI=1S/C18H29N3O2.HI/c1-5-7-8-12-21(3)18(19-6-2)20-14-17(22)15-10-9-11-16(13-15)23-4;/h5,9-11,13,17,22H,1,6-8,12,14H2,2-4H3,(H,19,20);1H. The number of rotatable bonds is 9. The van der Waals surface area contributed by atoms with Crippen molar-refractivity contribution in [3.05, 3.63) is 42.5 Å². The molecule has 0 aliphatic carbocycles. The second kappa shape index (κ2) is 13.1. The van der Waals surface area contributed by atoms with Gasteiger partial charge in [-0.3, -0.25) is 4.99 Å². The summed E-state index contributed by atoms with van der Waals surface area (Å²) in [6, 6.07) is 7.44. The topological polar surface area (TPSA) is 57.1 Å². The number of benzene rings is 1. The van der Waals surface area contributed by atoms with Gasteiger partial charge in [-0.1, -0.05) is 18.2 Å². The molecule has 0 amide bonds. The number of guanidine groups is 1. The number of methoxy groups -OCH3 is 1. The molecule has 1 aromatic carbocycles. The minimum absolute atomic E-state index is 0. The Morgan fingerprint density at radius 3 is 2.88 bits per heavy atom. The number of hydrogen-bond donors (Lipinski definition) is 2. The van der Waals surface area contributed by atoms with Gasteiger partial charge < -0.3 is 20.1 Å². The first-order valence-corrected chi connectivity index (χ1v) is 8.04. The van der Waals surface area contributed by atoms with E-state index in [1.54, 1.807) is 7.11 Å². The van der Waals surface area contributed by atoms with Crippen molar-refractivity contribution < 1.29 is 9.84 Å². The monoisotopic (exact) mass is 447 g/mol. The lowest BCUT2D eigenvalue weighted by molar-refractivity contribution is 0.186. The smallest absolute Gasteiger partial charge is 0.193 e. The third-order valence-electron chi connectivity index (χ3n) is 3.49. The lowest BCUT2D eigenvalue weighted by atomic mass is 10.1. The molecular formula is C18H30IN3O2. The summed E-state index contributed by atoms with van der Waals surface area (Å²) < 4.78 is 5.19. The second-order valence-corrected chi connectivity index (χ2v) is 5.34. The van der Waals surface area contributed by atoms with Crippen molar-refractivity contribution in [2.75, 3.05) is 33.8 Å². The van der Waals surface area contributed by atoms with E-state index in [-0.39, 0.29) is 24.0 Å². The fourth-order valence-corrected chi connectivity index (χ4v) is 2.18. The van der Waals surface area contributed by atoms with Crippen LogP contribution in [0.4, 0.5) is 0 Å². The molecule has 0 spiro atoms. The molecule has 1 atom stereocenters. The highest BCUT2D eigenvalue weighted by atomic mass is 127. The van der Waals surface area contributed by atoms with Gasteiger partial charge in [0, 0.05) is 20.1 Å². The first-order valence-electron chi connectivity index (χ1n) is 8.04. The van der Waals surface area contributed by atoms with Crippen molar-refractivity contribution in [1.29, 1.82) is 0 Å². The highest BCUT2D eigenvalue weighted by Crippen LogP contribution is 2.19. The van der Waals surface area contributed by atoms with Crippen LogP contribution in [0.5, 0.6) is 5.75 Å². The molecule has 6 heteroatoms. The Morgan fingerprint density at radius 2 is 2.25 bits per heavy atom. The Balaban J connectivity index is 0.00000529. The Bertz CT molecular complexity index is 509. The van der Waals surface area contributed by atoms with Gasteiger partial charge in [0.15, 0.2) is 5.96 Å². The maximum atomic E-state index is 10.3.